The zero-order valence-corrected chi connectivity index (χ0v) is 28.7. The predicted molar refractivity (Wildman–Crippen MR) is 173 cm³/mol. The van der Waals surface area contributed by atoms with E-state index in [1.807, 2.05) is 0 Å². The van der Waals surface area contributed by atoms with Crippen LogP contribution in [0.2, 0.25) is 0 Å². The molecule has 10 rings (SSSR count). The molecule has 0 unspecified atom stereocenters. The van der Waals surface area contributed by atoms with E-state index in [-0.39, 0.29) is 0 Å². The van der Waals surface area contributed by atoms with Crippen molar-refractivity contribution in [2.45, 2.75) is 61.2 Å². The standard InChI is InChI=1S/C36H66N6/c1-7-37-10-19-40(20-11-37,21-12-37)28-34-31(4)35(29-41-22-13-38(8-2,14-23-41)15-24-41)33(6)36(32(34)5)30-42-25-16-39(9-3,17-26-42)18-27-42/h7-30H2,1-6H3/q+6. The van der Waals surface area contributed by atoms with Crippen LogP contribution >= 0.6 is 0 Å². The molecule has 0 aromatic heterocycles. The second-order valence-electron chi connectivity index (χ2n) is 16.8. The van der Waals surface area contributed by atoms with Crippen molar-refractivity contribution in [2.24, 2.45) is 0 Å². The number of hydrogen-bond acceptors (Lipinski definition) is 0. The van der Waals surface area contributed by atoms with Crippen molar-refractivity contribution >= 4 is 0 Å². The van der Waals surface area contributed by atoms with Gasteiger partial charge in [0.2, 0.25) is 0 Å². The minimum Gasteiger partial charge on any atom is -0.310 e. The van der Waals surface area contributed by atoms with Gasteiger partial charge in [-0.05, 0) is 58.2 Å². The average molecular weight is 583 g/mol. The van der Waals surface area contributed by atoms with Gasteiger partial charge in [-0.3, -0.25) is 0 Å². The van der Waals surface area contributed by atoms with Gasteiger partial charge < -0.3 is 26.9 Å². The Balaban J connectivity index is 1.24. The number of rotatable bonds is 9. The molecule has 9 fully saturated rings. The third kappa shape index (κ3) is 4.65. The number of hydrogen-bond donors (Lipinski definition) is 0. The molecule has 234 valence electrons. The predicted octanol–water partition coefficient (Wildman–Crippen LogP) is 3.15. The Bertz CT molecular complexity index is 976. The first-order valence-corrected chi connectivity index (χ1v) is 18.3. The summed E-state index contributed by atoms with van der Waals surface area (Å²) in [5.41, 5.74) is 10.4. The Morgan fingerprint density at radius 2 is 0.476 bits per heavy atom. The lowest BCUT2D eigenvalue weighted by molar-refractivity contribution is -1.09. The second kappa shape index (κ2) is 10.3. The number of likely N-dealkylation sites (N-methyl/N-ethyl adjacent to an activating group) is 3. The van der Waals surface area contributed by atoms with Gasteiger partial charge in [0.1, 0.15) is 137 Å². The van der Waals surface area contributed by atoms with Gasteiger partial charge in [0.15, 0.2) is 0 Å². The highest BCUT2D eigenvalue weighted by atomic mass is 15.5. The van der Waals surface area contributed by atoms with Gasteiger partial charge in [-0.1, -0.05) is 0 Å². The highest BCUT2D eigenvalue weighted by molar-refractivity contribution is 5.50. The minimum absolute atomic E-state index is 1.30. The monoisotopic (exact) mass is 583 g/mol. The molecule has 1 aromatic carbocycles. The first-order chi connectivity index (χ1) is 20.1. The molecule has 1 aromatic rings. The topological polar surface area (TPSA) is 0 Å². The number of piperazine rings is 9. The lowest BCUT2D eigenvalue weighted by Gasteiger charge is -2.56. The van der Waals surface area contributed by atoms with E-state index in [0.29, 0.717) is 0 Å². The Morgan fingerprint density at radius 3 is 0.643 bits per heavy atom. The smallest absolute Gasteiger partial charge is 0.129 e. The van der Waals surface area contributed by atoms with Crippen molar-refractivity contribution in [2.75, 3.05) is 137 Å². The normalized spacial score (nSPS) is 42.4. The summed E-state index contributed by atoms with van der Waals surface area (Å²) in [7, 11) is 0. The molecular weight excluding hydrogens is 516 g/mol. The van der Waals surface area contributed by atoms with Crippen LogP contribution in [-0.2, 0) is 19.6 Å². The maximum Gasteiger partial charge on any atom is 0.129 e. The van der Waals surface area contributed by atoms with E-state index in [2.05, 4.69) is 41.5 Å². The summed E-state index contributed by atoms with van der Waals surface area (Å²) < 4.78 is 8.32. The Kier molecular flexibility index (Phi) is 7.24. The van der Waals surface area contributed by atoms with Crippen LogP contribution in [0.15, 0.2) is 0 Å². The van der Waals surface area contributed by atoms with Crippen LogP contribution in [0, 0.1) is 20.8 Å². The second-order valence-corrected chi connectivity index (χ2v) is 16.8. The van der Waals surface area contributed by atoms with Crippen molar-refractivity contribution in [3.8, 4) is 0 Å². The van der Waals surface area contributed by atoms with Gasteiger partial charge in [0.05, 0.1) is 19.6 Å². The van der Waals surface area contributed by atoms with E-state index in [0.717, 1.165) is 0 Å². The van der Waals surface area contributed by atoms with Gasteiger partial charge in [-0.15, -0.1) is 0 Å². The van der Waals surface area contributed by atoms with Gasteiger partial charge in [-0.25, -0.2) is 0 Å². The molecule has 0 amide bonds. The number of benzene rings is 1. The average Bonchev–Trinajstić information content (AvgIpc) is 3.06. The first-order valence-electron chi connectivity index (χ1n) is 18.3. The molecule has 0 N–H and O–H groups in total. The van der Waals surface area contributed by atoms with Crippen molar-refractivity contribution in [3.63, 3.8) is 0 Å². The quantitative estimate of drug-likeness (QED) is 0.393. The van der Waals surface area contributed by atoms with E-state index in [1.54, 1.807) is 33.4 Å². The lowest BCUT2D eigenvalue weighted by atomic mass is 9.85. The molecule has 6 bridgehead atoms. The molecule has 0 aliphatic carbocycles. The fourth-order valence-electron chi connectivity index (χ4n) is 11.1. The van der Waals surface area contributed by atoms with Crippen LogP contribution in [0.25, 0.3) is 0 Å². The Labute approximate surface area is 258 Å². The van der Waals surface area contributed by atoms with E-state index in [4.69, 9.17) is 0 Å². The van der Waals surface area contributed by atoms with Gasteiger partial charge in [-0.2, -0.15) is 0 Å². The minimum atomic E-state index is 1.30. The van der Waals surface area contributed by atoms with E-state index < -0.39 is 0 Å². The largest absolute Gasteiger partial charge is 0.310 e. The first kappa shape index (κ1) is 29.7. The molecule has 9 aliphatic rings. The molecule has 6 heteroatoms. The summed E-state index contributed by atoms with van der Waals surface area (Å²) in [5.74, 6) is 0. The molecule has 6 nitrogen and oxygen atoms in total. The molecule has 42 heavy (non-hydrogen) atoms. The van der Waals surface area contributed by atoms with Gasteiger partial charge in [0, 0.05) is 16.7 Å². The van der Waals surface area contributed by atoms with E-state index >= 15 is 0 Å². The molecular formula is C36H66N6+6. The summed E-state index contributed by atoms with van der Waals surface area (Å²) in [5, 5.41) is 0. The summed E-state index contributed by atoms with van der Waals surface area (Å²) in [6.45, 7) is 48.2. The molecule has 9 heterocycles. The third-order valence-electron chi connectivity index (χ3n) is 15.6. The van der Waals surface area contributed by atoms with Crippen LogP contribution in [-0.4, -0.2) is 164 Å². The molecule has 0 atom stereocenters. The number of nitrogens with zero attached hydrogens (tertiary/aromatic N) is 6. The zero-order valence-electron chi connectivity index (χ0n) is 28.7. The Hall–Kier alpha value is -1.02. The van der Waals surface area contributed by atoms with E-state index in [1.165, 1.54) is 184 Å². The Morgan fingerprint density at radius 1 is 0.310 bits per heavy atom. The van der Waals surface area contributed by atoms with Crippen molar-refractivity contribution in [3.05, 3.63) is 33.4 Å². The van der Waals surface area contributed by atoms with Crippen molar-refractivity contribution in [1.82, 2.24) is 0 Å². The summed E-state index contributed by atoms with van der Waals surface area (Å²) in [6.07, 6.45) is 0. The van der Waals surface area contributed by atoms with Gasteiger partial charge >= 0.3 is 0 Å². The molecule has 0 saturated carbocycles. The zero-order chi connectivity index (χ0) is 29.4. The van der Waals surface area contributed by atoms with Gasteiger partial charge in [0.25, 0.3) is 0 Å². The molecule has 9 aliphatic heterocycles. The van der Waals surface area contributed by atoms with Crippen molar-refractivity contribution < 1.29 is 26.9 Å². The van der Waals surface area contributed by atoms with Crippen LogP contribution in [0.1, 0.15) is 54.2 Å². The third-order valence-corrected chi connectivity index (χ3v) is 15.6. The van der Waals surface area contributed by atoms with Crippen LogP contribution in [0.4, 0.5) is 0 Å². The van der Waals surface area contributed by atoms with Crippen LogP contribution < -0.4 is 0 Å². The maximum absolute atomic E-state index is 2.56. The summed E-state index contributed by atoms with van der Waals surface area (Å²) in [6, 6.07) is 0. The van der Waals surface area contributed by atoms with Crippen LogP contribution in [0.5, 0.6) is 0 Å². The molecule has 9 saturated heterocycles. The highest BCUT2D eigenvalue weighted by Gasteiger charge is 2.52. The molecule has 0 radical (unpaired) electrons. The maximum atomic E-state index is 2.56. The van der Waals surface area contributed by atoms with Crippen LogP contribution in [0.3, 0.4) is 0 Å². The number of fused-ring (bicyclic) bond motifs is 9. The van der Waals surface area contributed by atoms with E-state index in [9.17, 15) is 0 Å². The van der Waals surface area contributed by atoms with Crippen molar-refractivity contribution in [1.29, 1.82) is 0 Å². The summed E-state index contributed by atoms with van der Waals surface area (Å²) in [4.78, 5) is 0. The fraction of sp³-hybridized carbons (Fsp3) is 0.833. The number of quaternary nitrogens is 6. The highest BCUT2D eigenvalue weighted by Crippen LogP contribution is 2.39. The fourth-order valence-corrected chi connectivity index (χ4v) is 11.1. The lowest BCUT2D eigenvalue weighted by Crippen LogP contribution is -2.74. The SMILES string of the molecule is CC[N+]12CC[N+](Cc3c(C)c(C[N+]45CC[N+](CC)(CC4)CC5)c(C)c(C[N+]45CC[N+](CC)(CC4)CC5)c3C)(CC1)CC2. The summed E-state index contributed by atoms with van der Waals surface area (Å²) >= 11 is 0. The molecule has 0 spiro atoms.